The van der Waals surface area contributed by atoms with Crippen LogP contribution in [0.4, 0.5) is 0 Å². The molecule has 1 aromatic rings. The quantitative estimate of drug-likeness (QED) is 0.825. The highest BCUT2D eigenvalue weighted by molar-refractivity contribution is 5.80. The van der Waals surface area contributed by atoms with Crippen molar-refractivity contribution in [3.63, 3.8) is 0 Å². The van der Waals surface area contributed by atoms with Crippen molar-refractivity contribution in [3.8, 4) is 0 Å². The number of benzene rings is 1. The molecule has 0 spiro atoms. The smallest absolute Gasteiger partial charge is 0.136 e. The minimum atomic E-state index is 0.494. The number of carbonyl (C=O) groups excluding carboxylic acids is 1. The third-order valence-electron chi connectivity index (χ3n) is 4.66. The Hall–Kier alpha value is -1.15. The lowest BCUT2D eigenvalue weighted by Crippen LogP contribution is -2.52. The molecule has 2 bridgehead atoms. The van der Waals surface area contributed by atoms with E-state index in [2.05, 4.69) is 35.2 Å². The highest BCUT2D eigenvalue weighted by Gasteiger charge is 2.36. The van der Waals surface area contributed by atoms with Crippen LogP contribution in [0.15, 0.2) is 30.3 Å². The van der Waals surface area contributed by atoms with Gasteiger partial charge in [0.2, 0.25) is 0 Å². The van der Waals surface area contributed by atoms with Gasteiger partial charge in [-0.25, -0.2) is 0 Å². The van der Waals surface area contributed by atoms with Gasteiger partial charge in [0.25, 0.3) is 0 Å². The second-order valence-electron chi connectivity index (χ2n) is 6.01. The first-order valence-electron chi connectivity index (χ1n) is 7.64. The van der Waals surface area contributed by atoms with E-state index in [0.717, 1.165) is 25.8 Å². The number of Topliss-reactive ketones (excluding diaryl/α,β-unsaturated/α-hetero) is 1. The zero-order chi connectivity index (χ0) is 13.1. The van der Waals surface area contributed by atoms with E-state index >= 15 is 0 Å². The van der Waals surface area contributed by atoms with Crippen LogP contribution in [0.3, 0.4) is 0 Å². The molecule has 2 aliphatic heterocycles. The number of piperidine rings is 2. The largest absolute Gasteiger partial charge is 0.300 e. The van der Waals surface area contributed by atoms with E-state index < -0.39 is 0 Å². The van der Waals surface area contributed by atoms with Crippen LogP contribution in [0.5, 0.6) is 0 Å². The van der Waals surface area contributed by atoms with Crippen molar-refractivity contribution in [2.75, 3.05) is 6.54 Å². The van der Waals surface area contributed by atoms with Gasteiger partial charge >= 0.3 is 0 Å². The number of hydrogen-bond donors (Lipinski definition) is 0. The Morgan fingerprint density at radius 1 is 1.05 bits per heavy atom. The minimum Gasteiger partial charge on any atom is -0.300 e. The average molecular weight is 257 g/mol. The summed E-state index contributed by atoms with van der Waals surface area (Å²) in [4.78, 5) is 14.3. The van der Waals surface area contributed by atoms with Crippen LogP contribution in [0.2, 0.25) is 0 Å². The first-order chi connectivity index (χ1) is 9.33. The van der Waals surface area contributed by atoms with Crippen LogP contribution in [-0.2, 0) is 11.2 Å². The predicted octanol–water partition coefficient (Wildman–Crippen LogP) is 3.21. The molecule has 0 N–H and O–H groups in total. The number of hydrogen-bond acceptors (Lipinski definition) is 2. The van der Waals surface area contributed by atoms with Gasteiger partial charge in [0.05, 0.1) is 0 Å². The van der Waals surface area contributed by atoms with Gasteiger partial charge in [0.15, 0.2) is 0 Å². The predicted molar refractivity (Wildman–Crippen MR) is 77.1 cm³/mol. The Labute approximate surface area is 115 Å². The summed E-state index contributed by atoms with van der Waals surface area (Å²) in [5, 5.41) is 0. The van der Waals surface area contributed by atoms with Gasteiger partial charge in [-0.05, 0) is 37.8 Å². The van der Waals surface area contributed by atoms with E-state index in [1.807, 2.05) is 0 Å². The molecule has 2 heteroatoms. The van der Waals surface area contributed by atoms with Gasteiger partial charge in [0, 0.05) is 24.9 Å². The molecule has 2 fully saturated rings. The molecule has 102 valence electrons. The molecule has 2 aliphatic rings. The third-order valence-corrected chi connectivity index (χ3v) is 4.66. The van der Waals surface area contributed by atoms with Gasteiger partial charge in [-0.3, -0.25) is 9.69 Å². The molecule has 1 aromatic carbocycles. The molecule has 2 atom stereocenters. The summed E-state index contributed by atoms with van der Waals surface area (Å²) in [6.45, 7) is 1.16. The molecular weight excluding hydrogens is 234 g/mol. The molecule has 2 nitrogen and oxygen atoms in total. The second-order valence-corrected chi connectivity index (χ2v) is 6.01. The summed E-state index contributed by atoms with van der Waals surface area (Å²) < 4.78 is 0. The lowest BCUT2D eigenvalue weighted by Gasteiger charge is -2.45. The molecule has 2 heterocycles. The van der Waals surface area contributed by atoms with Gasteiger partial charge in [-0.2, -0.15) is 0 Å². The SMILES string of the molecule is O=C1CC2CCCC(C1)N2CCCc1ccccc1. The van der Waals surface area contributed by atoms with Crippen LogP contribution in [0.1, 0.15) is 44.1 Å². The van der Waals surface area contributed by atoms with Crippen LogP contribution in [0, 0.1) is 0 Å². The first-order valence-corrected chi connectivity index (χ1v) is 7.64. The number of nitrogens with zero attached hydrogens (tertiary/aromatic N) is 1. The Morgan fingerprint density at radius 2 is 1.74 bits per heavy atom. The van der Waals surface area contributed by atoms with E-state index in [1.54, 1.807) is 0 Å². The van der Waals surface area contributed by atoms with Gasteiger partial charge in [-0.15, -0.1) is 0 Å². The van der Waals surface area contributed by atoms with Crippen molar-refractivity contribution in [1.82, 2.24) is 4.90 Å². The first kappa shape index (κ1) is 12.9. The van der Waals surface area contributed by atoms with Crippen molar-refractivity contribution in [3.05, 3.63) is 35.9 Å². The maximum absolute atomic E-state index is 11.7. The summed E-state index contributed by atoms with van der Waals surface area (Å²) in [6, 6.07) is 11.8. The third kappa shape index (κ3) is 3.06. The van der Waals surface area contributed by atoms with Gasteiger partial charge in [0.1, 0.15) is 5.78 Å². The zero-order valence-corrected chi connectivity index (χ0v) is 11.6. The monoisotopic (exact) mass is 257 g/mol. The molecule has 3 rings (SSSR count). The van der Waals surface area contributed by atoms with E-state index in [-0.39, 0.29) is 0 Å². The Morgan fingerprint density at radius 3 is 2.42 bits per heavy atom. The molecule has 0 aromatic heterocycles. The average Bonchev–Trinajstić information content (AvgIpc) is 2.40. The molecule has 0 amide bonds. The lowest BCUT2D eigenvalue weighted by molar-refractivity contribution is -0.127. The fourth-order valence-electron chi connectivity index (χ4n) is 3.74. The van der Waals surface area contributed by atoms with Gasteiger partial charge in [-0.1, -0.05) is 36.8 Å². The van der Waals surface area contributed by atoms with E-state index in [0.29, 0.717) is 17.9 Å². The number of rotatable bonds is 4. The number of carbonyl (C=O) groups is 1. The highest BCUT2D eigenvalue weighted by Crippen LogP contribution is 2.32. The number of ketones is 1. The van der Waals surface area contributed by atoms with Crippen molar-refractivity contribution < 1.29 is 4.79 Å². The molecule has 19 heavy (non-hydrogen) atoms. The van der Waals surface area contributed by atoms with Crippen molar-refractivity contribution in [2.45, 2.75) is 57.0 Å². The van der Waals surface area contributed by atoms with Crippen molar-refractivity contribution in [2.24, 2.45) is 0 Å². The van der Waals surface area contributed by atoms with E-state index in [4.69, 9.17) is 0 Å². The van der Waals surface area contributed by atoms with Crippen LogP contribution >= 0.6 is 0 Å². The highest BCUT2D eigenvalue weighted by atomic mass is 16.1. The number of aryl methyl sites for hydroxylation is 1. The Bertz CT molecular complexity index is 412. The van der Waals surface area contributed by atoms with Crippen LogP contribution < -0.4 is 0 Å². The minimum absolute atomic E-state index is 0.494. The molecule has 2 saturated heterocycles. The fraction of sp³-hybridized carbons (Fsp3) is 0.588. The Kier molecular flexibility index (Phi) is 3.97. The maximum Gasteiger partial charge on any atom is 0.136 e. The molecular formula is C17H23NO. The Balaban J connectivity index is 1.53. The topological polar surface area (TPSA) is 20.3 Å². The van der Waals surface area contributed by atoms with Gasteiger partial charge < -0.3 is 0 Å². The summed E-state index contributed by atoms with van der Waals surface area (Å²) in [7, 11) is 0. The number of fused-ring (bicyclic) bond motifs is 2. The van der Waals surface area contributed by atoms with Crippen LogP contribution in [0.25, 0.3) is 0 Å². The summed E-state index contributed by atoms with van der Waals surface area (Å²) in [5.41, 5.74) is 1.43. The van der Waals surface area contributed by atoms with Crippen LogP contribution in [-0.4, -0.2) is 29.3 Å². The molecule has 0 saturated carbocycles. The lowest BCUT2D eigenvalue weighted by atomic mass is 9.83. The standard InChI is InChI=1S/C17H23NO/c19-17-12-15-9-4-10-16(13-17)18(15)11-5-8-14-6-2-1-3-7-14/h1-3,6-7,15-16H,4-5,8-13H2. The van der Waals surface area contributed by atoms with Crippen molar-refractivity contribution >= 4 is 5.78 Å². The fourth-order valence-corrected chi connectivity index (χ4v) is 3.74. The summed E-state index contributed by atoms with van der Waals surface area (Å²) in [6.07, 6.45) is 7.76. The molecule has 2 unspecified atom stereocenters. The zero-order valence-electron chi connectivity index (χ0n) is 11.6. The second kappa shape index (κ2) is 5.87. The maximum atomic E-state index is 11.7. The summed E-state index contributed by atoms with van der Waals surface area (Å²) in [5.74, 6) is 0.494. The molecule has 0 aliphatic carbocycles. The molecule has 0 radical (unpaired) electrons. The van der Waals surface area contributed by atoms with E-state index in [1.165, 1.54) is 31.2 Å². The summed E-state index contributed by atoms with van der Waals surface area (Å²) >= 11 is 0. The van der Waals surface area contributed by atoms with E-state index in [9.17, 15) is 4.79 Å². The van der Waals surface area contributed by atoms with Crippen molar-refractivity contribution in [1.29, 1.82) is 0 Å². The normalized spacial score (nSPS) is 27.5.